The monoisotopic (exact) mass is 328 g/mol. The van der Waals surface area contributed by atoms with E-state index in [4.69, 9.17) is 23.2 Å². The first-order valence-corrected chi connectivity index (χ1v) is 9.48. The first-order chi connectivity index (χ1) is 10.3. The summed E-state index contributed by atoms with van der Waals surface area (Å²) >= 11 is 12.4. The Morgan fingerprint density at radius 3 is 2.14 bits per heavy atom. The predicted molar refractivity (Wildman–Crippen MR) is 96.6 cm³/mol. The molecule has 2 heteroatoms. The molecule has 0 aliphatic rings. The summed E-state index contributed by atoms with van der Waals surface area (Å²) in [5.74, 6) is 1.30. The van der Waals surface area contributed by atoms with Crippen LogP contribution in [0.4, 0.5) is 0 Å². The fraction of sp³-hybridized carbons (Fsp3) is 0.684. The van der Waals surface area contributed by atoms with Crippen LogP contribution in [0.15, 0.2) is 24.3 Å². The van der Waals surface area contributed by atoms with Crippen molar-refractivity contribution < 1.29 is 0 Å². The fourth-order valence-electron chi connectivity index (χ4n) is 2.78. The maximum atomic E-state index is 6.23. The molecular formula is C19H30Cl2. The third-order valence-electron chi connectivity index (χ3n) is 4.15. The van der Waals surface area contributed by atoms with Crippen molar-refractivity contribution in [2.24, 2.45) is 5.92 Å². The summed E-state index contributed by atoms with van der Waals surface area (Å²) in [7, 11) is 0. The summed E-state index contributed by atoms with van der Waals surface area (Å²) < 4.78 is 0. The van der Waals surface area contributed by atoms with Crippen molar-refractivity contribution in [3.8, 4) is 0 Å². The Morgan fingerprint density at radius 2 is 1.52 bits per heavy atom. The average Bonchev–Trinajstić information content (AvgIpc) is 2.50. The second-order valence-corrected chi connectivity index (χ2v) is 6.80. The third kappa shape index (κ3) is 8.73. The second-order valence-electron chi connectivity index (χ2n) is 6.08. The Balaban J connectivity index is 2.13. The number of benzene rings is 1. The molecule has 0 amide bonds. The molecule has 0 radical (unpaired) electrons. The number of rotatable bonds is 12. The van der Waals surface area contributed by atoms with Crippen LogP contribution in [-0.2, 0) is 6.42 Å². The van der Waals surface area contributed by atoms with Gasteiger partial charge in [0.05, 0.1) is 0 Å². The topological polar surface area (TPSA) is 0 Å². The van der Waals surface area contributed by atoms with Gasteiger partial charge < -0.3 is 0 Å². The maximum absolute atomic E-state index is 6.23. The van der Waals surface area contributed by atoms with Gasteiger partial charge in [-0.2, -0.15) is 0 Å². The number of unbranched alkanes of at least 4 members (excludes halogenated alkanes) is 7. The van der Waals surface area contributed by atoms with Gasteiger partial charge in [-0.15, -0.1) is 11.6 Å². The Labute approximate surface area is 141 Å². The molecule has 21 heavy (non-hydrogen) atoms. The standard InChI is InChI=1S/C19H30Cl2/c1-2-3-4-5-6-7-8-9-12-17(16-20)15-18-13-10-11-14-19(18)21/h10-11,13-14,17H,2-9,12,15-16H2,1H3. The zero-order chi connectivity index (χ0) is 15.3. The van der Waals surface area contributed by atoms with Gasteiger partial charge >= 0.3 is 0 Å². The predicted octanol–water partition coefficient (Wildman–Crippen LogP) is 7.27. The van der Waals surface area contributed by atoms with Crippen molar-refractivity contribution in [3.05, 3.63) is 34.9 Å². The van der Waals surface area contributed by atoms with E-state index in [1.54, 1.807) is 0 Å². The van der Waals surface area contributed by atoms with Crippen LogP contribution in [0.5, 0.6) is 0 Å². The highest BCUT2D eigenvalue weighted by molar-refractivity contribution is 6.31. The minimum absolute atomic E-state index is 0.562. The highest BCUT2D eigenvalue weighted by Crippen LogP contribution is 2.23. The van der Waals surface area contributed by atoms with E-state index < -0.39 is 0 Å². The van der Waals surface area contributed by atoms with E-state index in [9.17, 15) is 0 Å². The molecule has 0 spiro atoms. The number of alkyl halides is 1. The van der Waals surface area contributed by atoms with Crippen LogP contribution in [0.1, 0.15) is 70.3 Å². The molecule has 0 aliphatic heterocycles. The number of hydrogen-bond acceptors (Lipinski definition) is 0. The van der Waals surface area contributed by atoms with Gasteiger partial charge in [0.1, 0.15) is 0 Å². The smallest absolute Gasteiger partial charge is 0.0438 e. The van der Waals surface area contributed by atoms with E-state index in [1.165, 1.54) is 63.4 Å². The van der Waals surface area contributed by atoms with Gasteiger partial charge in [-0.3, -0.25) is 0 Å². The lowest BCUT2D eigenvalue weighted by molar-refractivity contribution is 0.482. The minimum Gasteiger partial charge on any atom is -0.126 e. The molecule has 1 unspecified atom stereocenters. The lowest BCUT2D eigenvalue weighted by Crippen LogP contribution is -2.07. The molecule has 0 saturated heterocycles. The molecule has 0 heterocycles. The highest BCUT2D eigenvalue weighted by Gasteiger charge is 2.10. The molecule has 1 rings (SSSR count). The molecule has 0 fully saturated rings. The lowest BCUT2D eigenvalue weighted by atomic mass is 9.95. The largest absolute Gasteiger partial charge is 0.126 e. The Morgan fingerprint density at radius 1 is 0.905 bits per heavy atom. The molecule has 1 atom stereocenters. The summed E-state index contributed by atoms with van der Waals surface area (Å²) in [5.41, 5.74) is 1.24. The molecule has 120 valence electrons. The molecule has 0 saturated carbocycles. The molecule has 0 aromatic heterocycles. The molecule has 1 aromatic carbocycles. The lowest BCUT2D eigenvalue weighted by Gasteiger charge is -2.14. The first kappa shape index (κ1) is 18.8. The van der Waals surface area contributed by atoms with E-state index in [0.29, 0.717) is 5.92 Å². The van der Waals surface area contributed by atoms with Crippen LogP contribution < -0.4 is 0 Å². The Bertz CT molecular complexity index is 362. The van der Waals surface area contributed by atoms with Crippen LogP contribution in [0, 0.1) is 5.92 Å². The summed E-state index contributed by atoms with van der Waals surface area (Å²) in [6.07, 6.45) is 13.2. The molecule has 0 nitrogen and oxygen atoms in total. The minimum atomic E-state index is 0.562. The van der Waals surface area contributed by atoms with Gasteiger partial charge in [0.15, 0.2) is 0 Å². The van der Waals surface area contributed by atoms with Crippen LogP contribution in [0.3, 0.4) is 0 Å². The van der Waals surface area contributed by atoms with Gasteiger partial charge in [-0.1, -0.05) is 88.1 Å². The van der Waals surface area contributed by atoms with E-state index >= 15 is 0 Å². The third-order valence-corrected chi connectivity index (χ3v) is 4.96. The molecule has 0 N–H and O–H groups in total. The van der Waals surface area contributed by atoms with Crippen molar-refractivity contribution in [2.45, 2.75) is 71.1 Å². The quantitative estimate of drug-likeness (QED) is 0.279. The van der Waals surface area contributed by atoms with Crippen LogP contribution >= 0.6 is 23.2 Å². The zero-order valence-electron chi connectivity index (χ0n) is 13.4. The maximum Gasteiger partial charge on any atom is 0.0438 e. The van der Waals surface area contributed by atoms with Crippen molar-refractivity contribution in [1.29, 1.82) is 0 Å². The van der Waals surface area contributed by atoms with E-state index in [0.717, 1.165) is 17.3 Å². The van der Waals surface area contributed by atoms with E-state index in [-0.39, 0.29) is 0 Å². The number of hydrogen-bond donors (Lipinski definition) is 0. The van der Waals surface area contributed by atoms with Crippen molar-refractivity contribution >= 4 is 23.2 Å². The number of halogens is 2. The second kappa shape index (κ2) is 12.4. The molecule has 0 aliphatic carbocycles. The van der Waals surface area contributed by atoms with Crippen LogP contribution in [0.25, 0.3) is 0 Å². The van der Waals surface area contributed by atoms with Gasteiger partial charge in [0, 0.05) is 10.9 Å². The normalized spacial score (nSPS) is 12.5. The molecular weight excluding hydrogens is 299 g/mol. The van der Waals surface area contributed by atoms with Gasteiger partial charge in [0.25, 0.3) is 0 Å². The Kier molecular flexibility index (Phi) is 11.1. The van der Waals surface area contributed by atoms with Crippen LogP contribution in [-0.4, -0.2) is 5.88 Å². The SMILES string of the molecule is CCCCCCCCCCC(CCl)Cc1ccccc1Cl. The molecule has 0 bridgehead atoms. The van der Waals surface area contributed by atoms with E-state index in [2.05, 4.69) is 19.1 Å². The van der Waals surface area contributed by atoms with Gasteiger partial charge in [-0.05, 0) is 30.4 Å². The highest BCUT2D eigenvalue weighted by atomic mass is 35.5. The Hall–Kier alpha value is -0.200. The van der Waals surface area contributed by atoms with Crippen molar-refractivity contribution in [2.75, 3.05) is 5.88 Å². The van der Waals surface area contributed by atoms with Crippen molar-refractivity contribution in [3.63, 3.8) is 0 Å². The summed E-state index contributed by atoms with van der Waals surface area (Å²) in [6.45, 7) is 2.27. The van der Waals surface area contributed by atoms with E-state index in [1.807, 2.05) is 12.1 Å². The van der Waals surface area contributed by atoms with Gasteiger partial charge in [-0.25, -0.2) is 0 Å². The first-order valence-electron chi connectivity index (χ1n) is 8.57. The molecule has 1 aromatic rings. The van der Waals surface area contributed by atoms with Crippen LogP contribution in [0.2, 0.25) is 5.02 Å². The summed E-state index contributed by atoms with van der Waals surface area (Å²) in [5, 5.41) is 0.878. The summed E-state index contributed by atoms with van der Waals surface area (Å²) in [4.78, 5) is 0. The average molecular weight is 329 g/mol. The van der Waals surface area contributed by atoms with Crippen molar-refractivity contribution in [1.82, 2.24) is 0 Å². The zero-order valence-corrected chi connectivity index (χ0v) is 14.9. The fourth-order valence-corrected chi connectivity index (χ4v) is 3.25. The summed E-state index contributed by atoms with van der Waals surface area (Å²) in [6, 6.07) is 8.14. The van der Waals surface area contributed by atoms with Gasteiger partial charge in [0.2, 0.25) is 0 Å².